The van der Waals surface area contributed by atoms with Crippen molar-refractivity contribution >= 4 is 45.1 Å². The number of fused-ring (bicyclic) bond motifs is 2. The first-order valence-electron chi connectivity index (χ1n) is 8.41. The zero-order valence-corrected chi connectivity index (χ0v) is 14.5. The summed E-state index contributed by atoms with van der Waals surface area (Å²) in [5.74, 6) is 0.799. The van der Waals surface area contributed by atoms with Gasteiger partial charge in [-0.15, -0.1) is 0 Å². The molecule has 5 heteroatoms. The van der Waals surface area contributed by atoms with Crippen LogP contribution in [0.4, 0.5) is 5.69 Å². The van der Waals surface area contributed by atoms with Crippen molar-refractivity contribution in [2.24, 2.45) is 5.92 Å². The van der Waals surface area contributed by atoms with Crippen LogP contribution in [0.2, 0.25) is 0 Å². The summed E-state index contributed by atoms with van der Waals surface area (Å²) in [6.07, 6.45) is 2.41. The number of piperidine rings is 1. The topological polar surface area (TPSA) is 41.0 Å². The molecule has 0 atom stereocenters. The zero-order chi connectivity index (χ0) is 16.5. The minimum Gasteiger partial charge on any atom is -0.349 e. The number of para-hydroxylation sites is 2. The lowest BCUT2D eigenvalue weighted by Crippen LogP contribution is -2.40. The van der Waals surface area contributed by atoms with Crippen molar-refractivity contribution in [3.05, 3.63) is 42.5 Å². The molecule has 4 nitrogen and oxygen atoms in total. The van der Waals surface area contributed by atoms with Crippen LogP contribution in [0, 0.1) is 5.92 Å². The zero-order valence-electron chi connectivity index (χ0n) is 13.7. The molecule has 1 aliphatic heterocycles. The lowest BCUT2D eigenvalue weighted by molar-refractivity contribution is 0.283. The Morgan fingerprint density at radius 3 is 2.33 bits per heavy atom. The Bertz CT molecular complexity index is 900. The Labute approximate surface area is 146 Å². The highest BCUT2D eigenvalue weighted by Gasteiger charge is 2.17. The fraction of sp³-hybridized carbons (Fsp3) is 0.316. The summed E-state index contributed by atoms with van der Waals surface area (Å²) in [7, 11) is 0. The maximum Gasteiger partial charge on any atom is 0.173 e. The highest BCUT2D eigenvalue weighted by Crippen LogP contribution is 2.21. The number of benzene rings is 2. The largest absolute Gasteiger partial charge is 0.349 e. The van der Waals surface area contributed by atoms with Gasteiger partial charge in [-0.1, -0.05) is 19.1 Å². The van der Waals surface area contributed by atoms with Gasteiger partial charge in [-0.05, 0) is 61.3 Å². The van der Waals surface area contributed by atoms with Gasteiger partial charge in [0.15, 0.2) is 5.11 Å². The maximum absolute atomic E-state index is 5.57. The summed E-state index contributed by atoms with van der Waals surface area (Å²) in [6, 6.07) is 14.0. The molecule has 1 saturated heterocycles. The van der Waals surface area contributed by atoms with Gasteiger partial charge in [0.2, 0.25) is 0 Å². The number of likely N-dealkylation sites (tertiary alicyclic amines) is 1. The first-order valence-corrected chi connectivity index (χ1v) is 8.82. The Hall–Kier alpha value is -2.27. The molecule has 0 unspecified atom stereocenters. The number of rotatable bonds is 1. The molecule has 3 aromatic rings. The predicted molar refractivity (Wildman–Crippen MR) is 103 cm³/mol. The maximum atomic E-state index is 5.57. The van der Waals surface area contributed by atoms with E-state index in [2.05, 4.69) is 22.1 Å². The van der Waals surface area contributed by atoms with Crippen LogP contribution >= 0.6 is 12.2 Å². The molecule has 1 fully saturated rings. The van der Waals surface area contributed by atoms with Gasteiger partial charge in [-0.2, -0.15) is 0 Å². The fourth-order valence-electron chi connectivity index (χ4n) is 3.11. The van der Waals surface area contributed by atoms with Crippen LogP contribution in [0.1, 0.15) is 19.8 Å². The number of hydrogen-bond acceptors (Lipinski definition) is 3. The lowest BCUT2D eigenvalue weighted by atomic mass is 10.00. The molecule has 122 valence electrons. The highest BCUT2D eigenvalue weighted by atomic mass is 32.1. The van der Waals surface area contributed by atoms with Crippen molar-refractivity contribution in [2.45, 2.75) is 19.8 Å². The quantitative estimate of drug-likeness (QED) is 0.532. The second-order valence-corrected chi connectivity index (χ2v) is 6.90. The minimum atomic E-state index is 0.799. The van der Waals surface area contributed by atoms with Crippen molar-refractivity contribution in [3.8, 4) is 0 Å². The Kier molecular flexibility index (Phi) is 4.02. The second-order valence-electron chi connectivity index (χ2n) is 6.52. The minimum absolute atomic E-state index is 0.799. The van der Waals surface area contributed by atoms with Crippen molar-refractivity contribution in [1.29, 1.82) is 0 Å². The van der Waals surface area contributed by atoms with Crippen molar-refractivity contribution < 1.29 is 0 Å². The van der Waals surface area contributed by atoms with Gasteiger partial charge in [0.25, 0.3) is 0 Å². The van der Waals surface area contributed by atoms with Gasteiger partial charge >= 0.3 is 0 Å². The van der Waals surface area contributed by atoms with E-state index in [1.54, 1.807) is 0 Å². The van der Waals surface area contributed by atoms with Gasteiger partial charge in [0.05, 0.1) is 22.1 Å². The molecule has 1 N–H and O–H groups in total. The number of anilines is 1. The van der Waals surface area contributed by atoms with E-state index in [0.717, 1.165) is 51.9 Å². The third-order valence-corrected chi connectivity index (χ3v) is 5.02. The van der Waals surface area contributed by atoms with Crippen molar-refractivity contribution in [3.63, 3.8) is 0 Å². The predicted octanol–water partition coefficient (Wildman–Crippen LogP) is 4.21. The SMILES string of the molecule is CC1CCN(C(=S)Nc2ccc3nc4ccccc4nc3c2)CC1. The third kappa shape index (κ3) is 3.04. The molecule has 1 aliphatic rings. The van der Waals surface area contributed by atoms with Crippen LogP contribution in [0.5, 0.6) is 0 Å². The Morgan fingerprint density at radius 2 is 1.62 bits per heavy atom. The summed E-state index contributed by atoms with van der Waals surface area (Å²) in [5.41, 5.74) is 4.58. The first kappa shape index (κ1) is 15.3. The highest BCUT2D eigenvalue weighted by molar-refractivity contribution is 7.80. The molecule has 0 bridgehead atoms. The van der Waals surface area contributed by atoms with E-state index in [-0.39, 0.29) is 0 Å². The molecular formula is C19H20N4S. The molecule has 0 aliphatic carbocycles. The number of nitrogens with zero attached hydrogens (tertiary/aromatic N) is 3. The van der Waals surface area contributed by atoms with Gasteiger partial charge in [-0.25, -0.2) is 9.97 Å². The van der Waals surface area contributed by atoms with E-state index >= 15 is 0 Å². The summed E-state index contributed by atoms with van der Waals surface area (Å²) < 4.78 is 0. The van der Waals surface area contributed by atoms with Crippen LogP contribution in [0.15, 0.2) is 42.5 Å². The van der Waals surface area contributed by atoms with E-state index in [4.69, 9.17) is 17.2 Å². The standard InChI is InChI=1S/C19H20N4S/c1-13-8-10-23(11-9-13)19(24)20-14-6-7-17-18(12-14)22-16-5-3-2-4-15(16)21-17/h2-7,12-13H,8-11H2,1H3,(H,20,24). The number of aromatic nitrogens is 2. The molecule has 0 saturated carbocycles. The van der Waals surface area contributed by atoms with Crippen LogP contribution in [0.25, 0.3) is 22.1 Å². The summed E-state index contributed by atoms with van der Waals surface area (Å²) >= 11 is 5.57. The van der Waals surface area contributed by atoms with E-state index < -0.39 is 0 Å². The van der Waals surface area contributed by atoms with E-state index in [1.165, 1.54) is 12.8 Å². The van der Waals surface area contributed by atoms with Crippen molar-refractivity contribution in [2.75, 3.05) is 18.4 Å². The van der Waals surface area contributed by atoms with Crippen LogP contribution in [-0.2, 0) is 0 Å². The lowest BCUT2D eigenvalue weighted by Gasteiger charge is -2.32. The molecule has 0 amide bonds. The molecular weight excluding hydrogens is 316 g/mol. The van der Waals surface area contributed by atoms with Crippen LogP contribution in [0.3, 0.4) is 0 Å². The number of thiocarbonyl (C=S) groups is 1. The molecule has 4 rings (SSSR count). The molecule has 1 aromatic heterocycles. The van der Waals surface area contributed by atoms with Gasteiger partial charge in [0, 0.05) is 18.8 Å². The summed E-state index contributed by atoms with van der Waals surface area (Å²) in [5, 5.41) is 4.16. The molecule has 2 heterocycles. The van der Waals surface area contributed by atoms with E-state index in [1.807, 2.05) is 42.5 Å². The smallest absolute Gasteiger partial charge is 0.173 e. The second kappa shape index (κ2) is 6.32. The number of nitrogens with one attached hydrogen (secondary N) is 1. The summed E-state index contributed by atoms with van der Waals surface area (Å²) in [6.45, 7) is 4.37. The number of hydrogen-bond donors (Lipinski definition) is 1. The first-order chi connectivity index (χ1) is 11.7. The Morgan fingerprint density at radius 1 is 1.00 bits per heavy atom. The van der Waals surface area contributed by atoms with Gasteiger partial charge < -0.3 is 10.2 Å². The molecule has 24 heavy (non-hydrogen) atoms. The Balaban J connectivity index is 1.58. The normalized spacial score (nSPS) is 15.8. The average molecular weight is 336 g/mol. The van der Waals surface area contributed by atoms with E-state index in [9.17, 15) is 0 Å². The van der Waals surface area contributed by atoms with Crippen molar-refractivity contribution in [1.82, 2.24) is 14.9 Å². The monoisotopic (exact) mass is 336 g/mol. The molecule has 2 aromatic carbocycles. The van der Waals surface area contributed by atoms with Gasteiger partial charge in [0.1, 0.15) is 0 Å². The third-order valence-electron chi connectivity index (χ3n) is 4.66. The van der Waals surface area contributed by atoms with E-state index in [0.29, 0.717) is 0 Å². The van der Waals surface area contributed by atoms with Crippen LogP contribution in [-0.4, -0.2) is 33.1 Å². The van der Waals surface area contributed by atoms with Crippen LogP contribution < -0.4 is 5.32 Å². The molecule has 0 radical (unpaired) electrons. The molecule has 0 spiro atoms. The van der Waals surface area contributed by atoms with Gasteiger partial charge in [-0.3, -0.25) is 0 Å². The average Bonchev–Trinajstić information content (AvgIpc) is 2.60. The fourth-order valence-corrected chi connectivity index (χ4v) is 3.41. The summed E-state index contributed by atoms with van der Waals surface area (Å²) in [4.78, 5) is 11.6.